The smallest absolute Gasteiger partial charge is 0.355 e. The molecule has 1 aromatic carbocycles. The Balaban J connectivity index is 2.11. The molecule has 1 aromatic heterocycles. The van der Waals surface area contributed by atoms with Crippen LogP contribution in [0.15, 0.2) is 41.0 Å². The molecule has 2 rings (SSSR count). The van der Waals surface area contributed by atoms with E-state index in [0.717, 1.165) is 6.42 Å². The van der Waals surface area contributed by atoms with Gasteiger partial charge >= 0.3 is 5.97 Å². The quantitative estimate of drug-likeness (QED) is 0.943. The molecule has 0 saturated heterocycles. The van der Waals surface area contributed by atoms with Crippen molar-refractivity contribution < 1.29 is 9.90 Å². The summed E-state index contributed by atoms with van der Waals surface area (Å²) in [6.07, 6.45) is 2.90. The number of aromatic nitrogens is 2. The fourth-order valence-electron chi connectivity index (χ4n) is 1.57. The summed E-state index contributed by atoms with van der Waals surface area (Å²) in [5.74, 6) is -0.510. The lowest BCUT2D eigenvalue weighted by Crippen LogP contribution is -2.07. The Morgan fingerprint density at radius 3 is 2.61 bits per heavy atom. The molecule has 0 radical (unpaired) electrons. The van der Waals surface area contributed by atoms with Gasteiger partial charge in [-0.15, -0.1) is 0 Å². The summed E-state index contributed by atoms with van der Waals surface area (Å²) in [7, 11) is 0. The van der Waals surface area contributed by atoms with Gasteiger partial charge in [0.25, 0.3) is 0 Å². The number of aryl methyl sites for hydroxylation is 2. The lowest BCUT2D eigenvalue weighted by molar-refractivity contribution is 0.0688. The maximum absolute atomic E-state index is 10.9. The summed E-state index contributed by atoms with van der Waals surface area (Å²) in [6, 6.07) is 9.96. The summed E-state index contributed by atoms with van der Waals surface area (Å²) in [5.41, 5.74) is 1.19. The second-order valence-corrected chi connectivity index (χ2v) is 4.63. The molecular formula is C13H11BrN2O2. The average Bonchev–Trinajstić information content (AvgIpc) is 2.38. The number of carbonyl (C=O) groups is 1. The molecule has 0 atom stereocenters. The first-order valence-electron chi connectivity index (χ1n) is 5.45. The molecule has 5 heteroatoms. The van der Waals surface area contributed by atoms with Crippen LogP contribution in [0.5, 0.6) is 0 Å². The average molecular weight is 307 g/mol. The molecule has 92 valence electrons. The zero-order chi connectivity index (χ0) is 13.0. The van der Waals surface area contributed by atoms with Crippen LogP contribution in [0.4, 0.5) is 0 Å². The van der Waals surface area contributed by atoms with Crippen LogP contribution in [0.1, 0.15) is 21.9 Å². The van der Waals surface area contributed by atoms with Gasteiger partial charge in [-0.2, -0.15) is 0 Å². The maximum Gasteiger partial charge on any atom is 0.355 e. The number of halogens is 1. The number of benzene rings is 1. The van der Waals surface area contributed by atoms with E-state index in [4.69, 9.17) is 5.11 Å². The van der Waals surface area contributed by atoms with Crippen LogP contribution < -0.4 is 0 Å². The van der Waals surface area contributed by atoms with E-state index in [0.29, 0.717) is 16.7 Å². The minimum Gasteiger partial charge on any atom is -0.476 e. The lowest BCUT2D eigenvalue weighted by atomic mass is 10.1. The summed E-state index contributed by atoms with van der Waals surface area (Å²) < 4.78 is 0.401. The van der Waals surface area contributed by atoms with Crippen LogP contribution in [-0.2, 0) is 12.8 Å². The molecule has 0 amide bonds. The fraction of sp³-hybridized carbons (Fsp3) is 0.154. The van der Waals surface area contributed by atoms with Gasteiger partial charge in [0, 0.05) is 12.6 Å². The third kappa shape index (κ3) is 3.13. The Hall–Kier alpha value is -1.75. The van der Waals surface area contributed by atoms with Crippen molar-refractivity contribution in [2.24, 2.45) is 0 Å². The molecule has 0 bridgehead atoms. The topological polar surface area (TPSA) is 63.1 Å². The highest BCUT2D eigenvalue weighted by Crippen LogP contribution is 2.14. The molecule has 0 aliphatic heterocycles. The van der Waals surface area contributed by atoms with E-state index >= 15 is 0 Å². The van der Waals surface area contributed by atoms with E-state index in [1.165, 1.54) is 11.8 Å². The first kappa shape index (κ1) is 12.7. The fourth-order valence-corrected chi connectivity index (χ4v) is 1.94. The summed E-state index contributed by atoms with van der Waals surface area (Å²) in [6.45, 7) is 0. The number of nitrogens with zero attached hydrogens (tertiary/aromatic N) is 2. The lowest BCUT2D eigenvalue weighted by Gasteiger charge is -2.03. The van der Waals surface area contributed by atoms with Crippen molar-refractivity contribution in [1.82, 2.24) is 9.97 Å². The number of carboxylic acid groups (broad SMARTS) is 1. The number of hydrogen-bond donors (Lipinski definition) is 1. The van der Waals surface area contributed by atoms with Gasteiger partial charge in [0.15, 0.2) is 5.69 Å². The Morgan fingerprint density at radius 2 is 1.94 bits per heavy atom. The van der Waals surface area contributed by atoms with Crippen molar-refractivity contribution in [3.05, 3.63) is 58.1 Å². The molecule has 2 aromatic rings. The first-order valence-corrected chi connectivity index (χ1v) is 6.25. The minimum atomic E-state index is -1.05. The molecule has 0 unspecified atom stereocenters. The number of aromatic carboxylic acids is 1. The summed E-state index contributed by atoms with van der Waals surface area (Å²) in [5, 5.41) is 8.96. The van der Waals surface area contributed by atoms with E-state index in [2.05, 4.69) is 25.9 Å². The van der Waals surface area contributed by atoms with Crippen LogP contribution in [0.3, 0.4) is 0 Å². The summed E-state index contributed by atoms with van der Waals surface area (Å²) >= 11 is 3.12. The molecule has 1 N–H and O–H groups in total. The van der Waals surface area contributed by atoms with Crippen LogP contribution in [0, 0.1) is 0 Å². The SMILES string of the molecule is O=C(O)c1nc(CCc2ccccc2)ncc1Br. The second-order valence-electron chi connectivity index (χ2n) is 3.77. The van der Waals surface area contributed by atoms with Crippen LogP contribution in [0.25, 0.3) is 0 Å². The molecule has 0 fully saturated rings. The van der Waals surface area contributed by atoms with E-state index < -0.39 is 5.97 Å². The van der Waals surface area contributed by atoms with E-state index in [9.17, 15) is 4.79 Å². The van der Waals surface area contributed by atoms with Gasteiger partial charge in [0.2, 0.25) is 0 Å². The highest BCUT2D eigenvalue weighted by Gasteiger charge is 2.11. The molecule has 0 saturated carbocycles. The zero-order valence-electron chi connectivity index (χ0n) is 9.51. The van der Waals surface area contributed by atoms with Crippen LogP contribution in [-0.4, -0.2) is 21.0 Å². The molecule has 1 heterocycles. The molecule has 0 aliphatic rings. The highest BCUT2D eigenvalue weighted by molar-refractivity contribution is 9.10. The highest BCUT2D eigenvalue weighted by atomic mass is 79.9. The van der Waals surface area contributed by atoms with Crippen LogP contribution in [0.2, 0.25) is 0 Å². The Kier molecular flexibility index (Phi) is 4.04. The Labute approximate surface area is 113 Å². The number of rotatable bonds is 4. The molecule has 0 aliphatic carbocycles. The molecular weight excluding hydrogens is 296 g/mol. The first-order chi connectivity index (χ1) is 8.66. The van der Waals surface area contributed by atoms with E-state index in [1.807, 2.05) is 30.3 Å². The van der Waals surface area contributed by atoms with Gasteiger partial charge in [-0.1, -0.05) is 30.3 Å². The van der Waals surface area contributed by atoms with Gasteiger partial charge in [-0.3, -0.25) is 0 Å². The number of carboxylic acids is 1. The van der Waals surface area contributed by atoms with Crippen molar-refractivity contribution in [2.45, 2.75) is 12.8 Å². The number of hydrogen-bond acceptors (Lipinski definition) is 3. The third-order valence-electron chi connectivity index (χ3n) is 2.48. The van der Waals surface area contributed by atoms with Gasteiger partial charge in [-0.05, 0) is 27.9 Å². The van der Waals surface area contributed by atoms with Gasteiger partial charge in [-0.25, -0.2) is 14.8 Å². The second kappa shape index (κ2) is 5.73. The van der Waals surface area contributed by atoms with Crippen molar-refractivity contribution in [3.8, 4) is 0 Å². The maximum atomic E-state index is 10.9. The summed E-state index contributed by atoms with van der Waals surface area (Å²) in [4.78, 5) is 19.1. The van der Waals surface area contributed by atoms with Gasteiger partial charge < -0.3 is 5.11 Å². The predicted molar refractivity (Wildman–Crippen MR) is 70.5 cm³/mol. The third-order valence-corrected chi connectivity index (χ3v) is 3.06. The van der Waals surface area contributed by atoms with Crippen LogP contribution >= 0.6 is 15.9 Å². The minimum absolute atomic E-state index is 0.00746. The predicted octanol–water partition coefficient (Wildman–Crippen LogP) is 2.72. The van der Waals surface area contributed by atoms with Crippen molar-refractivity contribution >= 4 is 21.9 Å². The Bertz CT molecular complexity index is 558. The van der Waals surface area contributed by atoms with Gasteiger partial charge in [0.05, 0.1) is 4.47 Å². The Morgan fingerprint density at radius 1 is 1.22 bits per heavy atom. The standard InChI is InChI=1S/C13H11BrN2O2/c14-10-8-15-11(16-12(10)13(17)18)7-6-9-4-2-1-3-5-9/h1-5,8H,6-7H2,(H,17,18). The van der Waals surface area contributed by atoms with E-state index in [-0.39, 0.29) is 5.69 Å². The normalized spacial score (nSPS) is 10.3. The molecule has 18 heavy (non-hydrogen) atoms. The van der Waals surface area contributed by atoms with E-state index in [1.54, 1.807) is 0 Å². The van der Waals surface area contributed by atoms with Crippen molar-refractivity contribution in [2.75, 3.05) is 0 Å². The molecule has 4 nitrogen and oxygen atoms in total. The largest absolute Gasteiger partial charge is 0.476 e. The van der Waals surface area contributed by atoms with Gasteiger partial charge in [0.1, 0.15) is 5.82 Å². The zero-order valence-corrected chi connectivity index (χ0v) is 11.1. The molecule has 0 spiro atoms. The van der Waals surface area contributed by atoms with Crippen molar-refractivity contribution in [1.29, 1.82) is 0 Å². The van der Waals surface area contributed by atoms with Crippen molar-refractivity contribution in [3.63, 3.8) is 0 Å². The monoisotopic (exact) mass is 306 g/mol.